The summed E-state index contributed by atoms with van der Waals surface area (Å²) in [5.41, 5.74) is 3.22. The Morgan fingerprint density at radius 3 is 2.05 bits per heavy atom. The van der Waals surface area contributed by atoms with Crippen molar-refractivity contribution >= 4 is 17.1 Å². The lowest BCUT2D eigenvalue weighted by molar-refractivity contribution is -0.116. The van der Waals surface area contributed by atoms with Crippen molar-refractivity contribution in [2.45, 2.75) is 13.8 Å². The smallest absolute Gasteiger partial charge is 0.174 e. The summed E-state index contributed by atoms with van der Waals surface area (Å²) in [5, 5.41) is 0. The van der Waals surface area contributed by atoms with E-state index >= 15 is 0 Å². The Morgan fingerprint density at radius 2 is 1.45 bits per heavy atom. The monoisotopic (exact) mass is 290 g/mol. The number of carbonyl (C=O) groups is 2. The molecule has 110 valence electrons. The highest BCUT2D eigenvalue weighted by Crippen LogP contribution is 2.40. The highest BCUT2D eigenvalue weighted by molar-refractivity contribution is 6.32. The first kappa shape index (κ1) is 14.5. The van der Waals surface area contributed by atoms with Crippen LogP contribution in [-0.4, -0.2) is 11.6 Å². The van der Waals surface area contributed by atoms with Gasteiger partial charge in [-0.3, -0.25) is 9.59 Å². The Hall–Kier alpha value is -2.48. The predicted molar refractivity (Wildman–Crippen MR) is 87.5 cm³/mol. The lowest BCUT2D eigenvalue weighted by Gasteiger charge is -2.14. The third kappa shape index (κ3) is 2.31. The van der Waals surface area contributed by atoms with Crippen LogP contribution in [0.2, 0.25) is 0 Å². The van der Waals surface area contributed by atoms with Gasteiger partial charge in [0.1, 0.15) is 0 Å². The molecule has 0 heterocycles. The van der Waals surface area contributed by atoms with E-state index in [4.69, 9.17) is 0 Å². The molecule has 0 radical (unpaired) electrons. The van der Waals surface area contributed by atoms with Crippen LogP contribution in [0, 0.1) is 11.8 Å². The van der Waals surface area contributed by atoms with Crippen molar-refractivity contribution in [1.82, 2.24) is 0 Å². The van der Waals surface area contributed by atoms with Crippen LogP contribution in [0.3, 0.4) is 0 Å². The Balaban J connectivity index is 1.98. The molecule has 0 bridgehead atoms. The zero-order valence-electron chi connectivity index (χ0n) is 12.7. The quantitative estimate of drug-likeness (QED) is 0.628. The van der Waals surface area contributed by atoms with E-state index in [0.717, 1.165) is 11.1 Å². The highest BCUT2D eigenvalue weighted by Gasteiger charge is 2.42. The van der Waals surface area contributed by atoms with Crippen molar-refractivity contribution in [2.24, 2.45) is 11.8 Å². The molecule has 2 nitrogen and oxygen atoms in total. The zero-order chi connectivity index (χ0) is 15.7. The fourth-order valence-electron chi connectivity index (χ4n) is 3.16. The second-order valence-corrected chi connectivity index (χ2v) is 5.78. The highest BCUT2D eigenvalue weighted by atomic mass is 16.2. The minimum atomic E-state index is -0.599. The summed E-state index contributed by atoms with van der Waals surface area (Å²) in [6, 6.07) is 18.7. The van der Waals surface area contributed by atoms with Gasteiger partial charge >= 0.3 is 0 Å². The Morgan fingerprint density at radius 1 is 0.909 bits per heavy atom. The average Bonchev–Trinajstić information content (AvgIpc) is 2.78. The summed E-state index contributed by atoms with van der Waals surface area (Å²) in [6.45, 7) is 3.93. The van der Waals surface area contributed by atoms with E-state index in [-0.39, 0.29) is 17.5 Å². The zero-order valence-corrected chi connectivity index (χ0v) is 12.7. The van der Waals surface area contributed by atoms with E-state index in [1.807, 2.05) is 62.4 Å². The second kappa shape index (κ2) is 5.72. The van der Waals surface area contributed by atoms with Crippen molar-refractivity contribution < 1.29 is 9.59 Å². The first-order valence-electron chi connectivity index (χ1n) is 7.51. The average molecular weight is 290 g/mol. The summed E-state index contributed by atoms with van der Waals surface area (Å²) < 4.78 is 0. The number of hydrogen-bond donors (Lipinski definition) is 0. The van der Waals surface area contributed by atoms with Gasteiger partial charge < -0.3 is 0 Å². The minimum absolute atomic E-state index is 0.0509. The van der Waals surface area contributed by atoms with Crippen LogP contribution in [0.25, 0.3) is 5.57 Å². The molecule has 3 rings (SSSR count). The number of rotatable bonds is 3. The summed E-state index contributed by atoms with van der Waals surface area (Å²) >= 11 is 0. The number of ketones is 2. The molecule has 0 aromatic heterocycles. The fraction of sp³-hybridized carbons (Fsp3) is 0.200. The maximum Gasteiger partial charge on any atom is 0.174 e. The van der Waals surface area contributed by atoms with Crippen molar-refractivity contribution in [2.75, 3.05) is 0 Å². The van der Waals surface area contributed by atoms with Crippen LogP contribution in [0.5, 0.6) is 0 Å². The number of benzene rings is 2. The summed E-state index contributed by atoms with van der Waals surface area (Å²) in [4.78, 5) is 25.6. The van der Waals surface area contributed by atoms with Crippen LogP contribution >= 0.6 is 0 Å². The molecule has 0 spiro atoms. The van der Waals surface area contributed by atoms with Gasteiger partial charge in [-0.05, 0) is 18.4 Å². The predicted octanol–water partition coefficient (Wildman–Crippen LogP) is 4.18. The van der Waals surface area contributed by atoms with Crippen LogP contribution in [-0.2, 0) is 4.79 Å². The maximum absolute atomic E-state index is 12.9. The van der Waals surface area contributed by atoms with E-state index < -0.39 is 5.92 Å². The Bertz CT molecular complexity index is 742. The van der Waals surface area contributed by atoms with Gasteiger partial charge in [-0.15, -0.1) is 0 Å². The molecule has 0 saturated carbocycles. The van der Waals surface area contributed by atoms with E-state index in [2.05, 4.69) is 0 Å². The minimum Gasteiger partial charge on any atom is -0.293 e. The summed E-state index contributed by atoms with van der Waals surface area (Å²) in [7, 11) is 0. The molecule has 1 aliphatic rings. The molecule has 0 aliphatic heterocycles. The number of carbonyl (C=O) groups excluding carboxylic acids is 2. The Kier molecular flexibility index (Phi) is 3.76. The molecule has 0 fully saturated rings. The van der Waals surface area contributed by atoms with Gasteiger partial charge in [-0.2, -0.15) is 0 Å². The molecule has 0 N–H and O–H groups in total. The van der Waals surface area contributed by atoms with E-state index in [1.54, 1.807) is 12.1 Å². The third-order valence-corrected chi connectivity index (χ3v) is 4.51. The fourth-order valence-corrected chi connectivity index (χ4v) is 3.16. The van der Waals surface area contributed by atoms with E-state index in [1.165, 1.54) is 0 Å². The van der Waals surface area contributed by atoms with Crippen LogP contribution in [0.1, 0.15) is 29.8 Å². The molecule has 2 aromatic rings. The van der Waals surface area contributed by atoms with Gasteiger partial charge in [-0.1, -0.05) is 73.2 Å². The van der Waals surface area contributed by atoms with Crippen molar-refractivity contribution in [3.8, 4) is 0 Å². The van der Waals surface area contributed by atoms with Crippen molar-refractivity contribution in [3.63, 3.8) is 0 Å². The standard InChI is InChI=1S/C20H18O2/c1-13-14(2)18(19(21)16-11-7-4-8-12-16)20(22)17(13)15-9-5-3-6-10-15/h3-12,14,18H,1-2H3/t14-,18?/m0/s1. The van der Waals surface area contributed by atoms with Gasteiger partial charge in [0.25, 0.3) is 0 Å². The molecule has 1 aliphatic carbocycles. The molecular formula is C20H18O2. The SMILES string of the molecule is CC1=C(c2ccccc2)C(=O)C(C(=O)c2ccccc2)[C@H]1C. The molecule has 0 saturated heterocycles. The maximum atomic E-state index is 12.9. The molecule has 1 unspecified atom stereocenters. The Labute approximate surface area is 130 Å². The van der Waals surface area contributed by atoms with Crippen molar-refractivity contribution in [3.05, 3.63) is 77.4 Å². The topological polar surface area (TPSA) is 34.1 Å². The molecule has 2 heteroatoms. The normalized spacial score (nSPS) is 21.3. The molecule has 22 heavy (non-hydrogen) atoms. The van der Waals surface area contributed by atoms with Gasteiger partial charge in [0.15, 0.2) is 11.6 Å². The number of allylic oxidation sites excluding steroid dienone is 2. The van der Waals surface area contributed by atoms with Crippen LogP contribution < -0.4 is 0 Å². The molecule has 0 amide bonds. The van der Waals surface area contributed by atoms with Crippen molar-refractivity contribution in [1.29, 1.82) is 0 Å². The number of hydrogen-bond acceptors (Lipinski definition) is 2. The van der Waals surface area contributed by atoms with Crippen LogP contribution in [0.4, 0.5) is 0 Å². The molecular weight excluding hydrogens is 272 g/mol. The van der Waals surface area contributed by atoms with Gasteiger partial charge in [0, 0.05) is 11.1 Å². The summed E-state index contributed by atoms with van der Waals surface area (Å²) in [6.07, 6.45) is 0. The van der Waals surface area contributed by atoms with Crippen LogP contribution in [0.15, 0.2) is 66.2 Å². The second-order valence-electron chi connectivity index (χ2n) is 5.78. The molecule has 2 aromatic carbocycles. The number of Topliss-reactive ketones (excluding diaryl/α,β-unsaturated/α-hetero) is 2. The largest absolute Gasteiger partial charge is 0.293 e. The van der Waals surface area contributed by atoms with E-state index in [9.17, 15) is 9.59 Å². The first-order chi connectivity index (χ1) is 10.6. The third-order valence-electron chi connectivity index (χ3n) is 4.51. The lowest BCUT2D eigenvalue weighted by Crippen LogP contribution is -2.25. The van der Waals surface area contributed by atoms with E-state index in [0.29, 0.717) is 11.1 Å². The summed E-state index contributed by atoms with van der Waals surface area (Å²) in [5.74, 6) is -0.790. The first-order valence-corrected chi connectivity index (χ1v) is 7.51. The molecule has 2 atom stereocenters. The van der Waals surface area contributed by atoms with Gasteiger partial charge in [0.05, 0.1) is 5.92 Å². The van der Waals surface area contributed by atoms with Gasteiger partial charge in [-0.25, -0.2) is 0 Å². The van der Waals surface area contributed by atoms with Gasteiger partial charge in [0.2, 0.25) is 0 Å². The lowest BCUT2D eigenvalue weighted by atomic mass is 9.86.